The molecule has 1 aromatic carbocycles. The van der Waals surface area contributed by atoms with Crippen LogP contribution in [0.3, 0.4) is 0 Å². The van der Waals surface area contributed by atoms with Gasteiger partial charge in [0, 0.05) is 5.39 Å². The van der Waals surface area contributed by atoms with Crippen LogP contribution < -0.4 is 0 Å². The van der Waals surface area contributed by atoms with Crippen LogP contribution in [0.2, 0.25) is 0 Å². The topological polar surface area (TPSA) is 13.1 Å². The van der Waals surface area contributed by atoms with Crippen molar-refractivity contribution >= 4 is 17.0 Å². The molecule has 1 heterocycles. The van der Waals surface area contributed by atoms with Crippen LogP contribution in [0.4, 0.5) is 0 Å². The van der Waals surface area contributed by atoms with Gasteiger partial charge in [-0.3, -0.25) is 0 Å². The SMILES string of the molecule is C=Cc1ccc2c(C)coc2c1. The van der Waals surface area contributed by atoms with Gasteiger partial charge in [-0.05, 0) is 24.1 Å². The molecule has 1 nitrogen and oxygen atoms in total. The first-order chi connectivity index (χ1) is 5.81. The van der Waals surface area contributed by atoms with Crippen molar-refractivity contribution < 1.29 is 4.42 Å². The van der Waals surface area contributed by atoms with E-state index in [0.717, 1.165) is 11.1 Å². The molecule has 0 aliphatic heterocycles. The number of hydrogen-bond donors (Lipinski definition) is 0. The van der Waals surface area contributed by atoms with Crippen molar-refractivity contribution in [2.45, 2.75) is 6.92 Å². The Kier molecular flexibility index (Phi) is 1.51. The quantitative estimate of drug-likeness (QED) is 0.620. The number of benzene rings is 1. The van der Waals surface area contributed by atoms with Gasteiger partial charge in [0.25, 0.3) is 0 Å². The van der Waals surface area contributed by atoms with Crippen LogP contribution in [0.5, 0.6) is 0 Å². The van der Waals surface area contributed by atoms with Crippen LogP contribution in [0.25, 0.3) is 17.0 Å². The first-order valence-electron chi connectivity index (χ1n) is 3.91. The number of aryl methyl sites for hydroxylation is 1. The second-order valence-electron chi connectivity index (χ2n) is 2.88. The lowest BCUT2D eigenvalue weighted by Gasteiger charge is -1.92. The van der Waals surface area contributed by atoms with Crippen molar-refractivity contribution in [2.24, 2.45) is 0 Å². The molecule has 0 unspecified atom stereocenters. The van der Waals surface area contributed by atoms with Crippen molar-refractivity contribution in [3.63, 3.8) is 0 Å². The third-order valence-electron chi connectivity index (χ3n) is 2.03. The maximum Gasteiger partial charge on any atom is 0.134 e. The molecular formula is C11H10O. The van der Waals surface area contributed by atoms with Crippen LogP contribution in [0.1, 0.15) is 11.1 Å². The summed E-state index contributed by atoms with van der Waals surface area (Å²) >= 11 is 0. The van der Waals surface area contributed by atoms with Crippen molar-refractivity contribution in [3.05, 3.63) is 42.2 Å². The summed E-state index contributed by atoms with van der Waals surface area (Å²) in [7, 11) is 0. The number of furan rings is 1. The first kappa shape index (κ1) is 7.17. The highest BCUT2D eigenvalue weighted by Gasteiger charge is 2.00. The van der Waals surface area contributed by atoms with E-state index in [1.807, 2.05) is 25.1 Å². The van der Waals surface area contributed by atoms with E-state index in [1.165, 1.54) is 10.9 Å². The molecule has 0 bridgehead atoms. The molecule has 0 amide bonds. The van der Waals surface area contributed by atoms with Gasteiger partial charge in [-0.1, -0.05) is 24.8 Å². The van der Waals surface area contributed by atoms with Gasteiger partial charge in [-0.15, -0.1) is 0 Å². The van der Waals surface area contributed by atoms with Gasteiger partial charge in [0.1, 0.15) is 5.58 Å². The summed E-state index contributed by atoms with van der Waals surface area (Å²) in [4.78, 5) is 0. The molecule has 0 N–H and O–H groups in total. The van der Waals surface area contributed by atoms with E-state index in [-0.39, 0.29) is 0 Å². The minimum Gasteiger partial charge on any atom is -0.464 e. The van der Waals surface area contributed by atoms with Crippen molar-refractivity contribution in [1.82, 2.24) is 0 Å². The van der Waals surface area contributed by atoms with E-state index in [4.69, 9.17) is 4.42 Å². The Hall–Kier alpha value is -1.50. The van der Waals surface area contributed by atoms with Crippen molar-refractivity contribution in [3.8, 4) is 0 Å². The largest absolute Gasteiger partial charge is 0.464 e. The molecule has 1 aromatic heterocycles. The van der Waals surface area contributed by atoms with E-state index in [1.54, 1.807) is 6.26 Å². The van der Waals surface area contributed by atoms with E-state index in [0.29, 0.717) is 0 Å². The molecule has 0 atom stereocenters. The zero-order chi connectivity index (χ0) is 8.55. The minimum atomic E-state index is 0.935. The van der Waals surface area contributed by atoms with E-state index < -0.39 is 0 Å². The minimum absolute atomic E-state index is 0.935. The van der Waals surface area contributed by atoms with Gasteiger partial charge < -0.3 is 4.42 Å². The van der Waals surface area contributed by atoms with E-state index in [2.05, 4.69) is 12.6 Å². The molecule has 2 aromatic rings. The van der Waals surface area contributed by atoms with Crippen molar-refractivity contribution in [2.75, 3.05) is 0 Å². The molecule has 0 aliphatic carbocycles. The van der Waals surface area contributed by atoms with Crippen LogP contribution in [0.15, 0.2) is 35.5 Å². The van der Waals surface area contributed by atoms with E-state index >= 15 is 0 Å². The van der Waals surface area contributed by atoms with Crippen LogP contribution in [0, 0.1) is 6.92 Å². The highest BCUT2D eigenvalue weighted by Crippen LogP contribution is 2.21. The van der Waals surface area contributed by atoms with Crippen LogP contribution in [-0.4, -0.2) is 0 Å². The Morgan fingerprint density at radius 1 is 1.42 bits per heavy atom. The summed E-state index contributed by atoms with van der Waals surface area (Å²) in [5, 5.41) is 1.18. The molecule has 60 valence electrons. The third-order valence-corrected chi connectivity index (χ3v) is 2.03. The zero-order valence-electron chi connectivity index (χ0n) is 7.00. The summed E-state index contributed by atoms with van der Waals surface area (Å²) in [5.41, 5.74) is 3.21. The predicted octanol–water partition coefficient (Wildman–Crippen LogP) is 3.38. The van der Waals surface area contributed by atoms with Gasteiger partial charge in [0.05, 0.1) is 6.26 Å². The standard InChI is InChI=1S/C11H10O/c1-3-9-4-5-10-8(2)7-12-11(10)6-9/h3-7H,1H2,2H3. The summed E-state index contributed by atoms with van der Waals surface area (Å²) in [6.45, 7) is 5.74. The zero-order valence-corrected chi connectivity index (χ0v) is 7.00. The maximum atomic E-state index is 5.34. The van der Waals surface area contributed by atoms with Gasteiger partial charge >= 0.3 is 0 Å². The highest BCUT2D eigenvalue weighted by molar-refractivity contribution is 5.82. The molecular weight excluding hydrogens is 148 g/mol. The molecule has 0 saturated carbocycles. The number of hydrogen-bond acceptors (Lipinski definition) is 1. The first-order valence-corrected chi connectivity index (χ1v) is 3.91. The summed E-state index contributed by atoms with van der Waals surface area (Å²) in [6.07, 6.45) is 3.59. The second kappa shape index (κ2) is 2.52. The average molecular weight is 158 g/mol. The molecule has 0 fully saturated rings. The molecule has 0 saturated heterocycles. The monoisotopic (exact) mass is 158 g/mol. The lowest BCUT2D eigenvalue weighted by molar-refractivity contribution is 0.613. The summed E-state index contributed by atoms with van der Waals surface area (Å²) in [6, 6.07) is 6.10. The van der Waals surface area contributed by atoms with Crippen LogP contribution >= 0.6 is 0 Å². The van der Waals surface area contributed by atoms with Gasteiger partial charge in [-0.25, -0.2) is 0 Å². The summed E-state index contributed by atoms with van der Waals surface area (Å²) < 4.78 is 5.34. The molecule has 2 rings (SSSR count). The number of fused-ring (bicyclic) bond motifs is 1. The molecule has 12 heavy (non-hydrogen) atoms. The second-order valence-corrected chi connectivity index (χ2v) is 2.88. The Labute approximate surface area is 71.3 Å². The lowest BCUT2D eigenvalue weighted by Crippen LogP contribution is -1.71. The fraction of sp³-hybridized carbons (Fsp3) is 0.0909. The summed E-state index contributed by atoms with van der Waals surface area (Å²) in [5.74, 6) is 0. The Morgan fingerprint density at radius 2 is 2.25 bits per heavy atom. The Bertz CT molecular complexity index is 423. The normalized spacial score (nSPS) is 10.4. The van der Waals surface area contributed by atoms with Gasteiger partial charge in [-0.2, -0.15) is 0 Å². The molecule has 0 radical (unpaired) electrons. The Morgan fingerprint density at radius 3 is 3.00 bits per heavy atom. The van der Waals surface area contributed by atoms with Crippen molar-refractivity contribution in [1.29, 1.82) is 0 Å². The fourth-order valence-electron chi connectivity index (χ4n) is 1.30. The number of rotatable bonds is 1. The van der Waals surface area contributed by atoms with Crippen LogP contribution in [-0.2, 0) is 0 Å². The average Bonchev–Trinajstić information content (AvgIpc) is 2.47. The third kappa shape index (κ3) is 0.944. The molecule has 0 aliphatic rings. The predicted molar refractivity (Wildman–Crippen MR) is 51.0 cm³/mol. The molecule has 0 spiro atoms. The van der Waals surface area contributed by atoms with Gasteiger partial charge in [0.15, 0.2) is 0 Å². The highest BCUT2D eigenvalue weighted by atomic mass is 16.3. The maximum absolute atomic E-state index is 5.34. The van der Waals surface area contributed by atoms with E-state index in [9.17, 15) is 0 Å². The smallest absolute Gasteiger partial charge is 0.134 e. The van der Waals surface area contributed by atoms with Gasteiger partial charge in [0.2, 0.25) is 0 Å². The fourth-order valence-corrected chi connectivity index (χ4v) is 1.30. The lowest BCUT2D eigenvalue weighted by atomic mass is 10.1. The Balaban J connectivity index is 2.77. The molecule has 1 heteroatoms.